The van der Waals surface area contributed by atoms with Crippen molar-refractivity contribution in [2.75, 3.05) is 7.11 Å². The SMILES string of the molecule is CCCCc1ccn(-c2ccc(OC)cc2)c1CO. The highest BCUT2D eigenvalue weighted by molar-refractivity contribution is 5.41. The van der Waals surface area contributed by atoms with Crippen molar-refractivity contribution in [3.05, 3.63) is 47.8 Å². The highest BCUT2D eigenvalue weighted by Gasteiger charge is 2.09. The second-order valence-corrected chi connectivity index (χ2v) is 4.62. The third-order valence-electron chi connectivity index (χ3n) is 3.39. The van der Waals surface area contributed by atoms with Crippen LogP contribution in [-0.2, 0) is 13.0 Å². The van der Waals surface area contributed by atoms with Crippen LogP contribution in [0, 0.1) is 0 Å². The van der Waals surface area contributed by atoms with Gasteiger partial charge in [0, 0.05) is 11.9 Å². The molecule has 0 spiro atoms. The predicted molar refractivity (Wildman–Crippen MR) is 76.9 cm³/mol. The van der Waals surface area contributed by atoms with Gasteiger partial charge in [0.2, 0.25) is 0 Å². The van der Waals surface area contributed by atoms with Crippen LogP contribution in [0.25, 0.3) is 5.69 Å². The van der Waals surface area contributed by atoms with E-state index in [-0.39, 0.29) is 6.61 Å². The molecule has 0 radical (unpaired) electrons. The molecule has 1 heterocycles. The van der Waals surface area contributed by atoms with E-state index in [1.54, 1.807) is 7.11 Å². The molecule has 0 aliphatic rings. The predicted octanol–water partition coefficient (Wildman–Crippen LogP) is 3.32. The molecule has 0 saturated carbocycles. The Balaban J connectivity index is 2.30. The summed E-state index contributed by atoms with van der Waals surface area (Å²) < 4.78 is 7.21. The number of unbranched alkanes of at least 4 members (excludes halogenated alkanes) is 1. The molecular formula is C16H21NO2. The quantitative estimate of drug-likeness (QED) is 0.863. The van der Waals surface area contributed by atoms with Crippen molar-refractivity contribution >= 4 is 0 Å². The molecule has 1 aromatic heterocycles. The molecule has 0 aliphatic carbocycles. The molecular weight excluding hydrogens is 238 g/mol. The minimum Gasteiger partial charge on any atom is -0.497 e. The molecule has 19 heavy (non-hydrogen) atoms. The van der Waals surface area contributed by atoms with Gasteiger partial charge in [-0.15, -0.1) is 0 Å². The topological polar surface area (TPSA) is 34.4 Å². The van der Waals surface area contributed by atoms with Crippen molar-refractivity contribution in [1.82, 2.24) is 4.57 Å². The second kappa shape index (κ2) is 6.43. The van der Waals surface area contributed by atoms with Gasteiger partial charge in [0.25, 0.3) is 0 Å². The number of rotatable bonds is 6. The lowest BCUT2D eigenvalue weighted by Crippen LogP contribution is -2.01. The van der Waals surface area contributed by atoms with Crippen LogP contribution in [0.5, 0.6) is 5.75 Å². The maximum atomic E-state index is 9.60. The van der Waals surface area contributed by atoms with Gasteiger partial charge in [-0.05, 0) is 48.7 Å². The van der Waals surface area contributed by atoms with Crippen LogP contribution < -0.4 is 4.74 Å². The molecule has 0 atom stereocenters. The summed E-state index contributed by atoms with van der Waals surface area (Å²) in [5, 5.41) is 9.60. The van der Waals surface area contributed by atoms with Gasteiger partial charge in [-0.3, -0.25) is 0 Å². The molecule has 0 fully saturated rings. The lowest BCUT2D eigenvalue weighted by atomic mass is 10.1. The van der Waals surface area contributed by atoms with Crippen molar-refractivity contribution in [1.29, 1.82) is 0 Å². The molecule has 0 amide bonds. The van der Waals surface area contributed by atoms with Crippen molar-refractivity contribution in [2.24, 2.45) is 0 Å². The van der Waals surface area contributed by atoms with Gasteiger partial charge in [-0.2, -0.15) is 0 Å². The summed E-state index contributed by atoms with van der Waals surface area (Å²) in [5.74, 6) is 0.840. The molecule has 2 rings (SSSR count). The highest BCUT2D eigenvalue weighted by Crippen LogP contribution is 2.21. The first-order valence-electron chi connectivity index (χ1n) is 6.74. The van der Waals surface area contributed by atoms with Gasteiger partial charge in [-0.25, -0.2) is 0 Å². The minimum absolute atomic E-state index is 0.0675. The van der Waals surface area contributed by atoms with Crippen molar-refractivity contribution in [2.45, 2.75) is 32.8 Å². The maximum Gasteiger partial charge on any atom is 0.119 e. The minimum atomic E-state index is 0.0675. The summed E-state index contributed by atoms with van der Waals surface area (Å²) >= 11 is 0. The molecule has 3 nitrogen and oxygen atoms in total. The first-order chi connectivity index (χ1) is 9.30. The van der Waals surface area contributed by atoms with E-state index in [2.05, 4.69) is 13.0 Å². The van der Waals surface area contributed by atoms with Gasteiger partial charge in [0.15, 0.2) is 0 Å². The smallest absolute Gasteiger partial charge is 0.119 e. The highest BCUT2D eigenvalue weighted by atomic mass is 16.5. The lowest BCUT2D eigenvalue weighted by Gasteiger charge is -2.10. The Morgan fingerprint density at radius 3 is 2.47 bits per heavy atom. The summed E-state index contributed by atoms with van der Waals surface area (Å²) in [6, 6.07) is 9.97. The summed E-state index contributed by atoms with van der Waals surface area (Å²) in [7, 11) is 1.66. The van der Waals surface area contributed by atoms with Crippen LogP contribution in [0.1, 0.15) is 31.0 Å². The first-order valence-corrected chi connectivity index (χ1v) is 6.74. The number of nitrogens with zero attached hydrogens (tertiary/aromatic N) is 1. The molecule has 0 aliphatic heterocycles. The third kappa shape index (κ3) is 2.99. The van der Waals surface area contributed by atoms with E-state index in [1.807, 2.05) is 35.0 Å². The summed E-state index contributed by atoms with van der Waals surface area (Å²) in [6.45, 7) is 2.25. The van der Waals surface area contributed by atoms with E-state index in [9.17, 15) is 5.11 Å². The van der Waals surface area contributed by atoms with Crippen molar-refractivity contribution in [3.63, 3.8) is 0 Å². The van der Waals surface area contributed by atoms with Crippen LogP contribution in [-0.4, -0.2) is 16.8 Å². The van der Waals surface area contributed by atoms with E-state index in [1.165, 1.54) is 12.0 Å². The number of ether oxygens (including phenoxy) is 1. The number of aliphatic hydroxyl groups excluding tert-OH is 1. The van der Waals surface area contributed by atoms with Crippen molar-refractivity contribution < 1.29 is 9.84 Å². The zero-order valence-corrected chi connectivity index (χ0v) is 11.6. The Labute approximate surface area is 114 Å². The zero-order valence-electron chi connectivity index (χ0n) is 11.6. The second-order valence-electron chi connectivity index (χ2n) is 4.62. The number of hydrogen-bond donors (Lipinski definition) is 1. The molecule has 1 N–H and O–H groups in total. The number of aliphatic hydroxyl groups is 1. The molecule has 0 unspecified atom stereocenters. The van der Waals surface area contributed by atoms with Gasteiger partial charge >= 0.3 is 0 Å². The molecule has 2 aromatic rings. The molecule has 0 saturated heterocycles. The lowest BCUT2D eigenvalue weighted by molar-refractivity contribution is 0.273. The standard InChI is InChI=1S/C16H21NO2/c1-3-4-5-13-10-11-17(16(13)12-18)14-6-8-15(19-2)9-7-14/h6-11,18H,3-5,12H2,1-2H3. The van der Waals surface area contributed by atoms with Gasteiger partial charge in [0.1, 0.15) is 5.75 Å². The largest absolute Gasteiger partial charge is 0.497 e. The Kier molecular flexibility index (Phi) is 4.63. The monoisotopic (exact) mass is 259 g/mol. The Morgan fingerprint density at radius 1 is 1.16 bits per heavy atom. The summed E-state index contributed by atoms with van der Waals surface area (Å²) in [5.41, 5.74) is 3.27. The Bertz CT molecular complexity index is 514. The maximum absolute atomic E-state index is 9.60. The Morgan fingerprint density at radius 2 is 1.89 bits per heavy atom. The Hall–Kier alpha value is -1.74. The molecule has 3 heteroatoms. The van der Waals surface area contributed by atoms with Crippen LogP contribution in [0.2, 0.25) is 0 Å². The van der Waals surface area contributed by atoms with Crippen molar-refractivity contribution in [3.8, 4) is 11.4 Å². The van der Waals surface area contributed by atoms with E-state index in [0.29, 0.717) is 0 Å². The fraction of sp³-hybridized carbons (Fsp3) is 0.375. The third-order valence-corrected chi connectivity index (χ3v) is 3.39. The average Bonchev–Trinajstić information content (AvgIpc) is 2.88. The van der Waals surface area contributed by atoms with E-state index < -0.39 is 0 Å². The van der Waals surface area contributed by atoms with E-state index in [0.717, 1.165) is 30.0 Å². The van der Waals surface area contributed by atoms with Crippen LogP contribution in [0.3, 0.4) is 0 Å². The van der Waals surface area contributed by atoms with Gasteiger partial charge in [-0.1, -0.05) is 13.3 Å². The fourth-order valence-corrected chi connectivity index (χ4v) is 2.26. The average molecular weight is 259 g/mol. The molecule has 1 aromatic carbocycles. The van der Waals surface area contributed by atoms with Crippen LogP contribution >= 0.6 is 0 Å². The number of aryl methyl sites for hydroxylation is 1. The molecule has 0 bridgehead atoms. The normalized spacial score (nSPS) is 10.7. The zero-order chi connectivity index (χ0) is 13.7. The summed E-state index contributed by atoms with van der Waals surface area (Å²) in [6.07, 6.45) is 5.37. The van der Waals surface area contributed by atoms with Crippen LogP contribution in [0.4, 0.5) is 0 Å². The fourth-order valence-electron chi connectivity index (χ4n) is 2.26. The number of methoxy groups -OCH3 is 1. The summed E-state index contributed by atoms with van der Waals surface area (Å²) in [4.78, 5) is 0. The number of aromatic nitrogens is 1. The van der Waals surface area contributed by atoms with Gasteiger partial charge in [0.05, 0.1) is 19.4 Å². The van der Waals surface area contributed by atoms with E-state index in [4.69, 9.17) is 4.74 Å². The number of hydrogen-bond acceptors (Lipinski definition) is 2. The number of benzene rings is 1. The van der Waals surface area contributed by atoms with Crippen LogP contribution in [0.15, 0.2) is 36.5 Å². The first kappa shape index (κ1) is 13.7. The van der Waals surface area contributed by atoms with Gasteiger partial charge < -0.3 is 14.4 Å². The molecule has 102 valence electrons. The van der Waals surface area contributed by atoms with E-state index >= 15 is 0 Å².